The molecule has 4 rings (SSSR count). The Morgan fingerprint density at radius 2 is 1.96 bits per heavy atom. The second-order valence-corrected chi connectivity index (χ2v) is 6.76. The largest absolute Gasteiger partial charge is 0.326 e. The number of hydrogen-bond acceptors (Lipinski definition) is 4. The van der Waals surface area contributed by atoms with E-state index in [1.807, 2.05) is 48.5 Å². The van der Waals surface area contributed by atoms with Gasteiger partial charge in [-0.25, -0.2) is 4.98 Å². The Morgan fingerprint density at radius 1 is 1.21 bits per heavy atom. The average Bonchev–Trinajstić information content (AvgIpc) is 3.03. The molecule has 1 aliphatic heterocycles. The molecule has 2 aromatic carbocycles. The van der Waals surface area contributed by atoms with Crippen LogP contribution in [0.4, 0.5) is 10.8 Å². The molecule has 5 nitrogen and oxygen atoms in total. The van der Waals surface area contributed by atoms with Gasteiger partial charge in [-0.1, -0.05) is 41.7 Å². The molecule has 3 aromatic rings. The van der Waals surface area contributed by atoms with Crippen LogP contribution in [-0.4, -0.2) is 23.8 Å². The van der Waals surface area contributed by atoms with Crippen molar-refractivity contribution in [2.24, 2.45) is 0 Å². The lowest BCUT2D eigenvalue weighted by molar-refractivity contribution is -0.124. The molecule has 0 bridgehead atoms. The van der Waals surface area contributed by atoms with Crippen molar-refractivity contribution >= 4 is 44.2 Å². The monoisotopic (exact) mass is 337 g/mol. The Hall–Kier alpha value is -2.73. The summed E-state index contributed by atoms with van der Waals surface area (Å²) in [5, 5.41) is 3.47. The molecule has 120 valence electrons. The SMILES string of the molecule is CN(C(=O)C1CC(=O)Nc2ccccc21)c1nc2ccccc2s1. The summed E-state index contributed by atoms with van der Waals surface area (Å²) in [6, 6.07) is 15.2. The molecule has 1 aliphatic rings. The number of hydrogen-bond donors (Lipinski definition) is 1. The van der Waals surface area contributed by atoms with Crippen molar-refractivity contribution < 1.29 is 9.59 Å². The molecular weight excluding hydrogens is 322 g/mol. The van der Waals surface area contributed by atoms with Crippen LogP contribution in [0.1, 0.15) is 17.9 Å². The lowest BCUT2D eigenvalue weighted by Crippen LogP contribution is -2.36. The summed E-state index contributed by atoms with van der Waals surface area (Å²) >= 11 is 1.47. The van der Waals surface area contributed by atoms with Crippen LogP contribution >= 0.6 is 11.3 Å². The van der Waals surface area contributed by atoms with Crippen molar-refractivity contribution in [1.29, 1.82) is 0 Å². The van der Waals surface area contributed by atoms with Gasteiger partial charge < -0.3 is 5.32 Å². The minimum atomic E-state index is -0.480. The smallest absolute Gasteiger partial charge is 0.236 e. The third-order valence-electron chi connectivity index (χ3n) is 4.20. The van der Waals surface area contributed by atoms with Gasteiger partial charge in [-0.2, -0.15) is 0 Å². The van der Waals surface area contributed by atoms with E-state index in [9.17, 15) is 9.59 Å². The number of benzene rings is 2. The van der Waals surface area contributed by atoms with Crippen molar-refractivity contribution in [2.45, 2.75) is 12.3 Å². The van der Waals surface area contributed by atoms with Crippen LogP contribution in [0.25, 0.3) is 10.2 Å². The lowest BCUT2D eigenvalue weighted by Gasteiger charge is -2.27. The number of carbonyl (C=O) groups is 2. The van der Waals surface area contributed by atoms with Crippen LogP contribution in [0, 0.1) is 0 Å². The predicted molar refractivity (Wildman–Crippen MR) is 95.5 cm³/mol. The third kappa shape index (κ3) is 2.45. The van der Waals surface area contributed by atoms with E-state index in [2.05, 4.69) is 10.3 Å². The number of amides is 2. The van der Waals surface area contributed by atoms with Crippen LogP contribution in [0.2, 0.25) is 0 Å². The zero-order chi connectivity index (χ0) is 16.7. The number of thiazole rings is 1. The molecule has 2 heterocycles. The lowest BCUT2D eigenvalue weighted by atomic mass is 9.89. The summed E-state index contributed by atoms with van der Waals surface area (Å²) in [6.07, 6.45) is 0.158. The van der Waals surface area contributed by atoms with Gasteiger partial charge in [0.05, 0.1) is 16.1 Å². The number of rotatable bonds is 2. The van der Waals surface area contributed by atoms with E-state index >= 15 is 0 Å². The maximum atomic E-state index is 13.0. The number of nitrogens with zero attached hydrogens (tertiary/aromatic N) is 2. The highest BCUT2D eigenvalue weighted by molar-refractivity contribution is 7.22. The van der Waals surface area contributed by atoms with E-state index in [4.69, 9.17) is 0 Å². The van der Waals surface area contributed by atoms with E-state index in [1.165, 1.54) is 11.3 Å². The van der Waals surface area contributed by atoms with Crippen LogP contribution in [0.5, 0.6) is 0 Å². The van der Waals surface area contributed by atoms with Crippen LogP contribution in [-0.2, 0) is 9.59 Å². The number of carbonyl (C=O) groups excluding carboxylic acids is 2. The van der Waals surface area contributed by atoms with E-state index in [0.717, 1.165) is 15.8 Å². The van der Waals surface area contributed by atoms with Crippen molar-refractivity contribution in [1.82, 2.24) is 4.98 Å². The quantitative estimate of drug-likeness (QED) is 0.780. The fourth-order valence-corrected chi connectivity index (χ4v) is 3.90. The summed E-state index contributed by atoms with van der Waals surface area (Å²) in [7, 11) is 1.72. The normalized spacial score (nSPS) is 16.5. The molecule has 0 radical (unpaired) electrons. The molecule has 1 unspecified atom stereocenters. The molecule has 1 atom stereocenters. The van der Waals surface area contributed by atoms with E-state index < -0.39 is 5.92 Å². The van der Waals surface area contributed by atoms with Gasteiger partial charge in [-0.3, -0.25) is 14.5 Å². The first-order valence-corrected chi connectivity index (χ1v) is 8.47. The topological polar surface area (TPSA) is 62.3 Å². The van der Waals surface area contributed by atoms with E-state index in [-0.39, 0.29) is 18.2 Å². The van der Waals surface area contributed by atoms with Crippen LogP contribution in [0.3, 0.4) is 0 Å². The molecule has 0 spiro atoms. The first-order valence-electron chi connectivity index (χ1n) is 7.65. The van der Waals surface area contributed by atoms with Gasteiger partial charge in [-0.05, 0) is 23.8 Å². The third-order valence-corrected chi connectivity index (χ3v) is 5.31. The minimum absolute atomic E-state index is 0.114. The van der Waals surface area contributed by atoms with Gasteiger partial charge in [0.2, 0.25) is 11.8 Å². The number of fused-ring (bicyclic) bond motifs is 2. The van der Waals surface area contributed by atoms with Crippen molar-refractivity contribution in [3.63, 3.8) is 0 Å². The maximum Gasteiger partial charge on any atom is 0.236 e. The van der Waals surface area contributed by atoms with Crippen LogP contribution < -0.4 is 10.2 Å². The highest BCUT2D eigenvalue weighted by atomic mass is 32.1. The molecule has 2 amide bonds. The molecule has 6 heteroatoms. The maximum absolute atomic E-state index is 13.0. The van der Waals surface area contributed by atoms with Gasteiger partial charge in [0.15, 0.2) is 5.13 Å². The standard InChI is InChI=1S/C18H15N3O2S/c1-21(18-20-14-8-4-5-9-15(14)24-18)17(23)12-10-16(22)19-13-7-3-2-6-11(12)13/h2-9,12H,10H2,1H3,(H,19,22). The minimum Gasteiger partial charge on any atom is -0.326 e. The molecule has 1 N–H and O–H groups in total. The molecule has 0 saturated heterocycles. The summed E-state index contributed by atoms with van der Waals surface area (Å²) in [5.41, 5.74) is 2.44. The first kappa shape index (κ1) is 14.8. The highest BCUT2D eigenvalue weighted by Crippen LogP contribution is 2.35. The Kier molecular flexibility index (Phi) is 3.54. The van der Waals surface area contributed by atoms with Crippen LogP contribution in [0.15, 0.2) is 48.5 Å². The number of para-hydroxylation sites is 2. The molecule has 0 aliphatic carbocycles. The Bertz CT molecular complexity index is 917. The second kappa shape index (κ2) is 5.72. The zero-order valence-corrected chi connectivity index (χ0v) is 13.8. The summed E-state index contributed by atoms with van der Waals surface area (Å²) in [5.74, 6) is -0.729. The van der Waals surface area contributed by atoms with Gasteiger partial charge in [-0.15, -0.1) is 0 Å². The van der Waals surface area contributed by atoms with Gasteiger partial charge in [0.25, 0.3) is 0 Å². The number of nitrogens with one attached hydrogen (secondary N) is 1. The molecule has 24 heavy (non-hydrogen) atoms. The van der Waals surface area contributed by atoms with Crippen molar-refractivity contribution in [3.8, 4) is 0 Å². The van der Waals surface area contributed by atoms with E-state index in [1.54, 1.807) is 11.9 Å². The average molecular weight is 337 g/mol. The first-order chi connectivity index (χ1) is 11.6. The summed E-state index contributed by atoms with van der Waals surface area (Å²) in [4.78, 5) is 31.0. The van der Waals surface area contributed by atoms with Gasteiger partial charge >= 0.3 is 0 Å². The fraction of sp³-hybridized carbons (Fsp3) is 0.167. The Labute approximate surface area is 142 Å². The fourth-order valence-electron chi connectivity index (χ4n) is 2.96. The number of aromatic nitrogens is 1. The van der Waals surface area contributed by atoms with Gasteiger partial charge in [0, 0.05) is 19.2 Å². The molecule has 0 fully saturated rings. The number of likely N-dealkylation sites (N-methyl/N-ethyl adjacent to an activating group) is 1. The molecule has 1 aromatic heterocycles. The zero-order valence-electron chi connectivity index (χ0n) is 13.0. The molecule has 0 saturated carbocycles. The summed E-state index contributed by atoms with van der Waals surface area (Å²) < 4.78 is 1.04. The Balaban J connectivity index is 1.69. The predicted octanol–water partition coefficient (Wildman–Crippen LogP) is 3.39. The number of anilines is 2. The second-order valence-electron chi connectivity index (χ2n) is 5.75. The molecular formula is C18H15N3O2S. The highest BCUT2D eigenvalue weighted by Gasteiger charge is 2.33. The van der Waals surface area contributed by atoms with Crippen molar-refractivity contribution in [3.05, 3.63) is 54.1 Å². The van der Waals surface area contributed by atoms with Gasteiger partial charge in [0.1, 0.15) is 0 Å². The van der Waals surface area contributed by atoms with Crippen molar-refractivity contribution in [2.75, 3.05) is 17.3 Å². The Morgan fingerprint density at radius 3 is 2.79 bits per heavy atom. The van der Waals surface area contributed by atoms with E-state index in [0.29, 0.717) is 10.8 Å². The summed E-state index contributed by atoms with van der Waals surface area (Å²) in [6.45, 7) is 0.